The second-order valence-corrected chi connectivity index (χ2v) is 5.50. The number of halogens is 2. The summed E-state index contributed by atoms with van der Waals surface area (Å²) >= 11 is 5.67. The summed E-state index contributed by atoms with van der Waals surface area (Å²) in [6.45, 7) is 5.76. The Bertz CT molecular complexity index is 453. The molecule has 20 heavy (non-hydrogen) atoms. The number of amides is 1. The molecule has 1 N–H and O–H groups in total. The van der Waals surface area contributed by atoms with Crippen LogP contribution in [0.3, 0.4) is 0 Å². The van der Waals surface area contributed by atoms with Gasteiger partial charge in [-0.3, -0.25) is 4.79 Å². The van der Waals surface area contributed by atoms with Gasteiger partial charge in [0, 0.05) is 12.6 Å². The van der Waals surface area contributed by atoms with E-state index in [0.29, 0.717) is 0 Å². The van der Waals surface area contributed by atoms with Crippen molar-refractivity contribution in [2.45, 2.75) is 32.7 Å². The number of hydrogen-bond donors (Lipinski definition) is 1. The number of rotatable bonds is 7. The van der Waals surface area contributed by atoms with Gasteiger partial charge < -0.3 is 10.2 Å². The summed E-state index contributed by atoms with van der Waals surface area (Å²) < 4.78 is 13.7. The molecule has 0 aliphatic rings. The van der Waals surface area contributed by atoms with Crippen molar-refractivity contribution in [2.75, 3.05) is 20.1 Å². The number of carbonyl (C=O) groups is 1. The largest absolute Gasteiger partial charge is 0.348 e. The van der Waals surface area contributed by atoms with Crippen molar-refractivity contribution in [1.29, 1.82) is 0 Å². The van der Waals surface area contributed by atoms with Gasteiger partial charge in [0.05, 0.1) is 10.6 Å². The molecule has 0 heterocycles. The highest BCUT2D eigenvalue weighted by atomic mass is 35.5. The summed E-state index contributed by atoms with van der Waals surface area (Å²) in [6, 6.07) is 4.38. The second kappa shape index (κ2) is 8.22. The highest BCUT2D eigenvalue weighted by Gasteiger charge is 2.16. The van der Waals surface area contributed by atoms with Crippen LogP contribution in [0.2, 0.25) is 5.02 Å². The first-order valence-electron chi connectivity index (χ1n) is 6.89. The van der Waals surface area contributed by atoms with Crippen molar-refractivity contribution in [3.63, 3.8) is 0 Å². The van der Waals surface area contributed by atoms with Gasteiger partial charge in [0.25, 0.3) is 5.91 Å². The first-order valence-corrected chi connectivity index (χ1v) is 7.27. The van der Waals surface area contributed by atoms with E-state index >= 15 is 0 Å². The number of unbranched alkanes of at least 4 members (excludes halogenated alkanes) is 1. The van der Waals surface area contributed by atoms with E-state index in [1.54, 1.807) is 6.07 Å². The Balaban J connectivity index is 2.55. The Kier molecular flexibility index (Phi) is 6.96. The van der Waals surface area contributed by atoms with Crippen LogP contribution in [0.25, 0.3) is 0 Å². The van der Waals surface area contributed by atoms with Gasteiger partial charge in [-0.25, -0.2) is 4.39 Å². The molecule has 0 aliphatic carbocycles. The fourth-order valence-electron chi connectivity index (χ4n) is 2.01. The maximum Gasteiger partial charge on any atom is 0.254 e. The predicted octanol–water partition coefficient (Wildman–Crippen LogP) is 3.33. The van der Waals surface area contributed by atoms with Gasteiger partial charge in [0.2, 0.25) is 0 Å². The number of nitrogens with one attached hydrogen (secondary N) is 1. The van der Waals surface area contributed by atoms with Gasteiger partial charge in [0.15, 0.2) is 5.82 Å². The summed E-state index contributed by atoms with van der Waals surface area (Å²) in [4.78, 5) is 14.2. The summed E-state index contributed by atoms with van der Waals surface area (Å²) in [7, 11) is 2.01. The monoisotopic (exact) mass is 300 g/mol. The van der Waals surface area contributed by atoms with E-state index in [-0.39, 0.29) is 16.6 Å². The van der Waals surface area contributed by atoms with Crippen LogP contribution < -0.4 is 5.32 Å². The molecule has 0 aliphatic heterocycles. The lowest BCUT2D eigenvalue weighted by molar-refractivity contribution is 0.0928. The smallest absolute Gasteiger partial charge is 0.254 e. The molecular formula is C15H22ClFN2O. The molecule has 0 unspecified atom stereocenters. The molecule has 1 rings (SSSR count). The van der Waals surface area contributed by atoms with Crippen LogP contribution in [-0.4, -0.2) is 37.0 Å². The molecule has 1 aromatic carbocycles. The van der Waals surface area contributed by atoms with Crippen LogP contribution >= 0.6 is 11.6 Å². The molecule has 0 spiro atoms. The molecule has 0 bridgehead atoms. The molecule has 1 aromatic rings. The molecule has 1 amide bonds. The van der Waals surface area contributed by atoms with Crippen LogP contribution in [-0.2, 0) is 0 Å². The number of carbonyl (C=O) groups excluding carboxylic acids is 1. The summed E-state index contributed by atoms with van der Waals surface area (Å²) in [5.41, 5.74) is -0.0134. The summed E-state index contributed by atoms with van der Waals surface area (Å²) in [5.74, 6) is -1.10. The van der Waals surface area contributed by atoms with Crippen molar-refractivity contribution in [1.82, 2.24) is 10.2 Å². The van der Waals surface area contributed by atoms with Gasteiger partial charge in [0.1, 0.15) is 0 Å². The number of nitrogens with zero attached hydrogens (tertiary/aromatic N) is 1. The van der Waals surface area contributed by atoms with Crippen LogP contribution in [0.4, 0.5) is 4.39 Å². The van der Waals surface area contributed by atoms with E-state index in [1.165, 1.54) is 12.1 Å². The lowest BCUT2D eigenvalue weighted by Gasteiger charge is -2.22. The topological polar surface area (TPSA) is 32.3 Å². The second-order valence-electron chi connectivity index (χ2n) is 5.09. The molecule has 0 saturated carbocycles. The fraction of sp³-hybridized carbons (Fsp3) is 0.533. The number of hydrogen-bond acceptors (Lipinski definition) is 2. The minimum absolute atomic E-state index is 0.0134. The van der Waals surface area contributed by atoms with E-state index in [0.717, 1.165) is 25.9 Å². The summed E-state index contributed by atoms with van der Waals surface area (Å²) in [5, 5.41) is 2.76. The zero-order chi connectivity index (χ0) is 15.1. The third-order valence-corrected chi connectivity index (χ3v) is 3.34. The standard InChI is InChI=1S/C15H22ClFN2O/c1-4-5-9-19(3)10-11(2)18-15(20)12-7-6-8-13(16)14(12)17/h6-8,11H,4-5,9-10H2,1-3H3,(H,18,20)/t11-/m1/s1. The van der Waals surface area contributed by atoms with Crippen molar-refractivity contribution in [3.05, 3.63) is 34.6 Å². The number of likely N-dealkylation sites (N-methyl/N-ethyl adjacent to an activating group) is 1. The average Bonchev–Trinajstić information content (AvgIpc) is 2.39. The zero-order valence-electron chi connectivity index (χ0n) is 12.2. The number of benzene rings is 1. The lowest BCUT2D eigenvalue weighted by atomic mass is 10.2. The summed E-state index contributed by atoms with van der Waals surface area (Å²) in [6.07, 6.45) is 2.26. The van der Waals surface area contributed by atoms with Crippen molar-refractivity contribution < 1.29 is 9.18 Å². The predicted molar refractivity (Wildman–Crippen MR) is 80.7 cm³/mol. The van der Waals surface area contributed by atoms with Gasteiger partial charge in [-0.1, -0.05) is 31.0 Å². The van der Waals surface area contributed by atoms with E-state index in [2.05, 4.69) is 17.1 Å². The molecular weight excluding hydrogens is 279 g/mol. The highest BCUT2D eigenvalue weighted by Crippen LogP contribution is 2.17. The first-order chi connectivity index (χ1) is 9.45. The highest BCUT2D eigenvalue weighted by molar-refractivity contribution is 6.31. The zero-order valence-corrected chi connectivity index (χ0v) is 13.0. The first kappa shape index (κ1) is 16.9. The molecule has 5 heteroatoms. The molecule has 3 nitrogen and oxygen atoms in total. The van der Waals surface area contributed by atoms with Crippen LogP contribution in [0, 0.1) is 5.82 Å². The molecule has 112 valence electrons. The van der Waals surface area contributed by atoms with E-state index in [4.69, 9.17) is 11.6 Å². The molecule has 0 radical (unpaired) electrons. The van der Waals surface area contributed by atoms with Crippen molar-refractivity contribution in [2.24, 2.45) is 0 Å². The minimum Gasteiger partial charge on any atom is -0.348 e. The Morgan fingerprint density at radius 3 is 2.85 bits per heavy atom. The Morgan fingerprint density at radius 1 is 1.50 bits per heavy atom. The Labute approximate surface area is 125 Å². The van der Waals surface area contributed by atoms with Crippen LogP contribution in [0.1, 0.15) is 37.0 Å². The van der Waals surface area contributed by atoms with Crippen molar-refractivity contribution >= 4 is 17.5 Å². The fourth-order valence-corrected chi connectivity index (χ4v) is 2.19. The third-order valence-electron chi connectivity index (χ3n) is 3.05. The lowest BCUT2D eigenvalue weighted by Crippen LogP contribution is -2.41. The molecule has 1 atom stereocenters. The van der Waals surface area contributed by atoms with Crippen molar-refractivity contribution in [3.8, 4) is 0 Å². The molecule has 0 saturated heterocycles. The van der Waals surface area contributed by atoms with Gasteiger partial charge in [-0.2, -0.15) is 0 Å². The van der Waals surface area contributed by atoms with Gasteiger partial charge in [-0.15, -0.1) is 0 Å². The van der Waals surface area contributed by atoms with Crippen LogP contribution in [0.15, 0.2) is 18.2 Å². The average molecular weight is 301 g/mol. The van der Waals surface area contributed by atoms with E-state index in [9.17, 15) is 9.18 Å². The molecule has 0 aromatic heterocycles. The maximum absolute atomic E-state index is 13.7. The third kappa shape index (κ3) is 5.10. The normalized spacial score (nSPS) is 12.5. The van der Waals surface area contributed by atoms with E-state index < -0.39 is 11.7 Å². The maximum atomic E-state index is 13.7. The van der Waals surface area contributed by atoms with Gasteiger partial charge in [-0.05, 0) is 39.1 Å². The molecule has 0 fully saturated rings. The SMILES string of the molecule is CCCCN(C)C[C@@H](C)NC(=O)c1cccc(Cl)c1F. The van der Waals surface area contributed by atoms with Crippen LogP contribution in [0.5, 0.6) is 0 Å². The quantitative estimate of drug-likeness (QED) is 0.838. The minimum atomic E-state index is -0.668. The van der Waals surface area contributed by atoms with Gasteiger partial charge >= 0.3 is 0 Å². The Hall–Kier alpha value is -1.13. The van der Waals surface area contributed by atoms with E-state index in [1.807, 2.05) is 14.0 Å². The Morgan fingerprint density at radius 2 is 2.20 bits per heavy atom.